The SMILES string of the molecule is Cn1cc(CC2CC(C(C)(C)C)CCC2O)nn1. The Bertz CT molecular complexity index is 394. The fourth-order valence-corrected chi connectivity index (χ4v) is 3.01. The molecule has 2 rings (SSSR count). The van der Waals surface area contributed by atoms with Crippen LogP contribution in [-0.4, -0.2) is 26.2 Å². The van der Waals surface area contributed by atoms with Crippen LogP contribution in [-0.2, 0) is 13.5 Å². The predicted molar refractivity (Wildman–Crippen MR) is 71.0 cm³/mol. The van der Waals surface area contributed by atoms with Crippen LogP contribution in [0.2, 0.25) is 0 Å². The highest BCUT2D eigenvalue weighted by Gasteiger charge is 2.35. The van der Waals surface area contributed by atoms with Crippen molar-refractivity contribution in [1.82, 2.24) is 15.0 Å². The maximum absolute atomic E-state index is 10.2. The molecule has 1 aromatic rings. The van der Waals surface area contributed by atoms with Gasteiger partial charge in [0.15, 0.2) is 0 Å². The van der Waals surface area contributed by atoms with Crippen molar-refractivity contribution in [3.8, 4) is 0 Å². The van der Waals surface area contributed by atoms with Gasteiger partial charge in [-0.3, -0.25) is 4.68 Å². The summed E-state index contributed by atoms with van der Waals surface area (Å²) in [6.45, 7) is 6.90. The van der Waals surface area contributed by atoms with Crippen LogP contribution in [0.15, 0.2) is 6.20 Å². The molecule has 0 aromatic carbocycles. The summed E-state index contributed by atoms with van der Waals surface area (Å²) in [5.74, 6) is 1.03. The smallest absolute Gasteiger partial charge is 0.0830 e. The van der Waals surface area contributed by atoms with Crippen molar-refractivity contribution in [3.05, 3.63) is 11.9 Å². The van der Waals surface area contributed by atoms with E-state index < -0.39 is 0 Å². The molecular weight excluding hydrogens is 226 g/mol. The van der Waals surface area contributed by atoms with Crippen LogP contribution >= 0.6 is 0 Å². The molecule has 0 bridgehead atoms. The number of aliphatic hydroxyl groups excluding tert-OH is 1. The average molecular weight is 251 g/mol. The van der Waals surface area contributed by atoms with Gasteiger partial charge in [0, 0.05) is 13.2 Å². The lowest BCUT2D eigenvalue weighted by molar-refractivity contribution is 0.0192. The monoisotopic (exact) mass is 251 g/mol. The summed E-state index contributed by atoms with van der Waals surface area (Å²) >= 11 is 0. The van der Waals surface area contributed by atoms with Crippen LogP contribution in [0.4, 0.5) is 0 Å². The average Bonchev–Trinajstić information content (AvgIpc) is 2.66. The van der Waals surface area contributed by atoms with Crippen molar-refractivity contribution in [2.24, 2.45) is 24.3 Å². The van der Waals surface area contributed by atoms with Crippen LogP contribution < -0.4 is 0 Å². The number of nitrogens with zero attached hydrogens (tertiary/aromatic N) is 3. The summed E-state index contributed by atoms with van der Waals surface area (Å²) < 4.78 is 1.73. The first-order valence-electron chi connectivity index (χ1n) is 6.89. The highest BCUT2D eigenvalue weighted by molar-refractivity contribution is 4.97. The van der Waals surface area contributed by atoms with E-state index in [1.807, 2.05) is 13.2 Å². The molecule has 1 aliphatic rings. The summed E-state index contributed by atoms with van der Waals surface area (Å²) in [5, 5.41) is 18.3. The first-order chi connectivity index (χ1) is 8.36. The minimum Gasteiger partial charge on any atom is -0.393 e. The Morgan fingerprint density at radius 2 is 2.11 bits per heavy atom. The third kappa shape index (κ3) is 3.10. The highest BCUT2D eigenvalue weighted by atomic mass is 16.3. The quantitative estimate of drug-likeness (QED) is 0.876. The second kappa shape index (κ2) is 5.00. The Hall–Kier alpha value is -0.900. The summed E-state index contributed by atoms with van der Waals surface area (Å²) in [7, 11) is 1.88. The van der Waals surface area contributed by atoms with Crippen molar-refractivity contribution < 1.29 is 5.11 Å². The maximum atomic E-state index is 10.2. The van der Waals surface area contributed by atoms with Gasteiger partial charge in [0.25, 0.3) is 0 Å². The van der Waals surface area contributed by atoms with Crippen LogP contribution in [0.25, 0.3) is 0 Å². The molecule has 4 heteroatoms. The Kier molecular flexibility index (Phi) is 3.76. The molecule has 1 aromatic heterocycles. The molecule has 0 radical (unpaired) electrons. The molecule has 0 amide bonds. The van der Waals surface area contributed by atoms with Crippen molar-refractivity contribution in [3.63, 3.8) is 0 Å². The van der Waals surface area contributed by atoms with Crippen LogP contribution in [0.3, 0.4) is 0 Å². The van der Waals surface area contributed by atoms with Gasteiger partial charge in [-0.05, 0) is 42.9 Å². The second-order valence-corrected chi connectivity index (χ2v) is 6.79. The molecular formula is C14H25N3O. The van der Waals surface area contributed by atoms with E-state index in [9.17, 15) is 5.11 Å². The van der Waals surface area contributed by atoms with E-state index in [0.29, 0.717) is 17.3 Å². The lowest BCUT2D eigenvalue weighted by Crippen LogP contribution is -2.35. The largest absolute Gasteiger partial charge is 0.393 e. The molecule has 0 aliphatic heterocycles. The van der Waals surface area contributed by atoms with Crippen molar-refractivity contribution in [1.29, 1.82) is 0 Å². The predicted octanol–water partition coefficient (Wildman–Crippen LogP) is 2.18. The van der Waals surface area contributed by atoms with Crippen LogP contribution in [0, 0.1) is 17.3 Å². The zero-order chi connectivity index (χ0) is 13.3. The first-order valence-corrected chi connectivity index (χ1v) is 6.89. The third-order valence-corrected chi connectivity index (χ3v) is 4.29. The molecule has 1 saturated carbocycles. The Balaban J connectivity index is 2.02. The normalized spacial score (nSPS) is 29.5. The first kappa shape index (κ1) is 13.5. The van der Waals surface area contributed by atoms with E-state index in [4.69, 9.17) is 0 Å². The minimum atomic E-state index is -0.175. The number of hydrogen-bond acceptors (Lipinski definition) is 3. The molecule has 18 heavy (non-hydrogen) atoms. The number of aromatic nitrogens is 3. The standard InChI is InChI=1S/C14H25N3O/c1-14(2,3)11-5-6-13(18)10(7-11)8-12-9-17(4)16-15-12/h9-11,13,18H,5-8H2,1-4H3. The molecule has 3 unspecified atom stereocenters. The topological polar surface area (TPSA) is 50.9 Å². The van der Waals surface area contributed by atoms with Gasteiger partial charge in [0.1, 0.15) is 0 Å². The Morgan fingerprint density at radius 3 is 2.67 bits per heavy atom. The summed E-state index contributed by atoms with van der Waals surface area (Å²) in [6.07, 6.45) is 5.79. The molecule has 0 saturated heterocycles. The van der Waals surface area contributed by atoms with Gasteiger partial charge in [-0.25, -0.2) is 0 Å². The van der Waals surface area contributed by atoms with E-state index in [1.165, 1.54) is 0 Å². The molecule has 3 atom stereocenters. The molecule has 1 fully saturated rings. The third-order valence-electron chi connectivity index (χ3n) is 4.29. The zero-order valence-corrected chi connectivity index (χ0v) is 11.9. The molecule has 1 aliphatic carbocycles. The molecule has 1 N–H and O–H groups in total. The lowest BCUT2D eigenvalue weighted by atomic mass is 9.67. The molecule has 4 nitrogen and oxygen atoms in total. The maximum Gasteiger partial charge on any atom is 0.0830 e. The summed E-state index contributed by atoms with van der Waals surface area (Å²) in [4.78, 5) is 0. The zero-order valence-electron chi connectivity index (χ0n) is 11.9. The fourth-order valence-electron chi connectivity index (χ4n) is 3.01. The molecule has 0 spiro atoms. The lowest BCUT2D eigenvalue weighted by Gasteiger charge is -2.40. The van der Waals surface area contributed by atoms with Gasteiger partial charge in [0.05, 0.1) is 11.8 Å². The van der Waals surface area contributed by atoms with E-state index in [0.717, 1.165) is 31.4 Å². The van der Waals surface area contributed by atoms with Gasteiger partial charge in [-0.15, -0.1) is 5.10 Å². The minimum absolute atomic E-state index is 0.175. The van der Waals surface area contributed by atoms with Crippen LogP contribution in [0.5, 0.6) is 0 Å². The van der Waals surface area contributed by atoms with Gasteiger partial charge in [0.2, 0.25) is 0 Å². The van der Waals surface area contributed by atoms with Gasteiger partial charge in [-0.1, -0.05) is 26.0 Å². The summed E-state index contributed by atoms with van der Waals surface area (Å²) in [6, 6.07) is 0. The number of hydrogen-bond donors (Lipinski definition) is 1. The fraction of sp³-hybridized carbons (Fsp3) is 0.857. The van der Waals surface area contributed by atoms with Gasteiger partial charge < -0.3 is 5.11 Å². The van der Waals surface area contributed by atoms with E-state index in [-0.39, 0.29) is 6.10 Å². The van der Waals surface area contributed by atoms with Crippen molar-refractivity contribution in [2.75, 3.05) is 0 Å². The highest BCUT2D eigenvalue weighted by Crippen LogP contribution is 2.41. The number of rotatable bonds is 2. The van der Waals surface area contributed by atoms with E-state index in [2.05, 4.69) is 31.1 Å². The van der Waals surface area contributed by atoms with E-state index in [1.54, 1.807) is 4.68 Å². The van der Waals surface area contributed by atoms with Crippen LogP contribution in [0.1, 0.15) is 45.7 Å². The van der Waals surface area contributed by atoms with Gasteiger partial charge in [-0.2, -0.15) is 0 Å². The molecule has 1 heterocycles. The van der Waals surface area contributed by atoms with Crippen molar-refractivity contribution >= 4 is 0 Å². The van der Waals surface area contributed by atoms with Gasteiger partial charge >= 0.3 is 0 Å². The Morgan fingerprint density at radius 1 is 1.39 bits per heavy atom. The number of aryl methyl sites for hydroxylation is 1. The second-order valence-electron chi connectivity index (χ2n) is 6.79. The summed E-state index contributed by atoms with van der Waals surface area (Å²) in [5.41, 5.74) is 1.33. The Labute approximate surface area is 109 Å². The van der Waals surface area contributed by atoms with E-state index >= 15 is 0 Å². The van der Waals surface area contributed by atoms with Crippen molar-refractivity contribution in [2.45, 2.75) is 52.6 Å². The molecule has 102 valence electrons. The number of aliphatic hydroxyl groups is 1.